The van der Waals surface area contributed by atoms with E-state index < -0.39 is 0 Å². The number of fused-ring (bicyclic) bond motifs is 1. The third kappa shape index (κ3) is 4.40. The largest absolute Gasteiger partial charge is 0.369 e. The van der Waals surface area contributed by atoms with E-state index in [2.05, 4.69) is 14.7 Å². The van der Waals surface area contributed by atoms with E-state index in [9.17, 15) is 9.59 Å². The number of piperazine rings is 1. The number of ketones is 1. The molecule has 2 aliphatic heterocycles. The normalized spacial score (nSPS) is 26.0. The molecule has 0 N–H and O–H groups in total. The van der Waals surface area contributed by atoms with Crippen LogP contribution in [-0.2, 0) is 4.79 Å². The van der Waals surface area contributed by atoms with Gasteiger partial charge in [0.1, 0.15) is 0 Å². The smallest absolute Gasteiger partial charge is 0.236 e. The Balaban J connectivity index is 1.25. The lowest BCUT2D eigenvalue weighted by Gasteiger charge is -2.42. The molecule has 4 rings (SSSR count). The van der Waals surface area contributed by atoms with Crippen molar-refractivity contribution in [3.05, 3.63) is 29.8 Å². The van der Waals surface area contributed by atoms with Crippen LogP contribution in [-0.4, -0.2) is 67.3 Å². The van der Waals surface area contributed by atoms with Crippen molar-refractivity contribution in [1.29, 1.82) is 0 Å². The zero-order valence-corrected chi connectivity index (χ0v) is 17.1. The minimum atomic E-state index is 0.104. The van der Waals surface area contributed by atoms with Gasteiger partial charge in [-0.25, -0.2) is 0 Å². The van der Waals surface area contributed by atoms with Gasteiger partial charge in [-0.05, 0) is 55.9 Å². The summed E-state index contributed by atoms with van der Waals surface area (Å²) in [6.45, 7) is 7.81. The Hall–Kier alpha value is -1.88. The predicted molar refractivity (Wildman–Crippen MR) is 112 cm³/mol. The Morgan fingerprint density at radius 3 is 2.25 bits per heavy atom. The molecular weight excluding hydrogens is 350 g/mol. The second kappa shape index (κ2) is 8.64. The molecule has 0 bridgehead atoms. The molecular formula is C23H33N3O2. The minimum absolute atomic E-state index is 0.104. The molecule has 5 nitrogen and oxygen atoms in total. The Morgan fingerprint density at radius 1 is 0.893 bits per heavy atom. The SMILES string of the molecule is CC(=O)c1ccc(N2CCN(CC(=O)N3CC[C@@H]4CCCC[C@@H]4C3)CC2)cc1. The molecule has 28 heavy (non-hydrogen) atoms. The van der Waals surface area contributed by atoms with Crippen LogP contribution in [0.5, 0.6) is 0 Å². The van der Waals surface area contributed by atoms with Crippen LogP contribution in [0.25, 0.3) is 0 Å². The van der Waals surface area contributed by atoms with Crippen molar-refractivity contribution < 1.29 is 9.59 Å². The van der Waals surface area contributed by atoms with Crippen LogP contribution in [0.1, 0.15) is 49.4 Å². The molecule has 0 aromatic heterocycles. The van der Waals surface area contributed by atoms with Crippen molar-refractivity contribution in [3.63, 3.8) is 0 Å². The van der Waals surface area contributed by atoms with E-state index in [1.165, 1.54) is 32.1 Å². The van der Waals surface area contributed by atoms with E-state index in [-0.39, 0.29) is 5.78 Å². The Labute approximate surface area is 168 Å². The monoisotopic (exact) mass is 383 g/mol. The summed E-state index contributed by atoms with van der Waals surface area (Å²) in [5, 5.41) is 0. The van der Waals surface area contributed by atoms with Gasteiger partial charge >= 0.3 is 0 Å². The second-order valence-corrected chi connectivity index (χ2v) is 8.80. The fraction of sp³-hybridized carbons (Fsp3) is 0.652. The third-order valence-electron chi connectivity index (χ3n) is 7.01. The van der Waals surface area contributed by atoms with E-state index in [4.69, 9.17) is 0 Å². The first-order valence-corrected chi connectivity index (χ1v) is 11.0. The first kappa shape index (κ1) is 19.4. The molecule has 2 atom stereocenters. The summed E-state index contributed by atoms with van der Waals surface area (Å²) in [5.74, 6) is 2.05. The molecule has 0 unspecified atom stereocenters. The van der Waals surface area contributed by atoms with Crippen molar-refractivity contribution in [2.45, 2.75) is 39.0 Å². The number of nitrogens with zero attached hydrogens (tertiary/aromatic N) is 3. The average molecular weight is 384 g/mol. The van der Waals surface area contributed by atoms with Gasteiger partial charge in [-0.2, -0.15) is 0 Å². The van der Waals surface area contributed by atoms with Gasteiger partial charge in [0, 0.05) is 50.5 Å². The molecule has 5 heteroatoms. The van der Waals surface area contributed by atoms with Crippen molar-refractivity contribution in [1.82, 2.24) is 9.80 Å². The highest BCUT2D eigenvalue weighted by atomic mass is 16.2. The molecule has 1 aromatic rings. The van der Waals surface area contributed by atoms with Crippen LogP contribution < -0.4 is 4.90 Å². The topological polar surface area (TPSA) is 43.9 Å². The van der Waals surface area contributed by atoms with Gasteiger partial charge < -0.3 is 9.80 Å². The van der Waals surface area contributed by atoms with Crippen molar-refractivity contribution in [2.75, 3.05) is 50.7 Å². The number of Topliss-reactive ketones (excluding diaryl/α,β-unsaturated/α-hetero) is 1. The molecule has 1 amide bonds. The summed E-state index contributed by atoms with van der Waals surface area (Å²) in [6.07, 6.45) is 6.63. The molecule has 2 saturated heterocycles. The second-order valence-electron chi connectivity index (χ2n) is 8.80. The highest BCUT2D eigenvalue weighted by molar-refractivity contribution is 5.94. The van der Waals surface area contributed by atoms with Gasteiger partial charge in [-0.15, -0.1) is 0 Å². The number of anilines is 1. The predicted octanol–water partition coefficient (Wildman–Crippen LogP) is 3.05. The van der Waals surface area contributed by atoms with Crippen LogP contribution in [0, 0.1) is 11.8 Å². The average Bonchev–Trinajstić information content (AvgIpc) is 2.74. The molecule has 1 saturated carbocycles. The van der Waals surface area contributed by atoms with Crippen LogP contribution in [0.3, 0.4) is 0 Å². The van der Waals surface area contributed by atoms with Gasteiger partial charge in [-0.3, -0.25) is 14.5 Å². The first-order chi connectivity index (χ1) is 13.6. The van der Waals surface area contributed by atoms with Crippen LogP contribution >= 0.6 is 0 Å². The Bertz CT molecular complexity index is 694. The number of amides is 1. The number of carbonyl (C=O) groups excluding carboxylic acids is 2. The van der Waals surface area contributed by atoms with Gasteiger partial charge in [0.05, 0.1) is 6.54 Å². The van der Waals surface area contributed by atoms with E-state index in [0.717, 1.165) is 62.4 Å². The maximum atomic E-state index is 12.8. The molecule has 1 aliphatic carbocycles. The fourth-order valence-corrected chi connectivity index (χ4v) is 5.19. The summed E-state index contributed by atoms with van der Waals surface area (Å²) >= 11 is 0. The van der Waals surface area contributed by atoms with E-state index in [1.807, 2.05) is 24.3 Å². The maximum Gasteiger partial charge on any atom is 0.236 e. The van der Waals surface area contributed by atoms with E-state index >= 15 is 0 Å². The summed E-state index contributed by atoms with van der Waals surface area (Å²) in [7, 11) is 0. The standard InChI is InChI=1S/C23H33N3O2/c1-18(27)19-6-8-22(9-7-19)25-14-12-24(13-15-25)17-23(28)26-11-10-20-4-2-3-5-21(20)16-26/h6-9,20-21H,2-5,10-17H2,1H3/t20-,21+/m0/s1. The van der Waals surface area contributed by atoms with Crippen LogP contribution in [0.4, 0.5) is 5.69 Å². The number of hydrogen-bond acceptors (Lipinski definition) is 4. The van der Waals surface area contributed by atoms with Gasteiger partial charge in [-0.1, -0.05) is 19.3 Å². The highest BCUT2D eigenvalue weighted by Gasteiger charge is 2.33. The molecule has 2 heterocycles. The zero-order chi connectivity index (χ0) is 19.5. The first-order valence-electron chi connectivity index (χ1n) is 11.0. The Kier molecular flexibility index (Phi) is 6.00. The third-order valence-corrected chi connectivity index (χ3v) is 7.01. The van der Waals surface area contributed by atoms with Crippen molar-refractivity contribution in [3.8, 4) is 0 Å². The number of benzene rings is 1. The number of piperidine rings is 1. The summed E-state index contributed by atoms with van der Waals surface area (Å²) < 4.78 is 0. The molecule has 3 aliphatic rings. The van der Waals surface area contributed by atoms with Gasteiger partial charge in [0.15, 0.2) is 5.78 Å². The fourth-order valence-electron chi connectivity index (χ4n) is 5.19. The van der Waals surface area contributed by atoms with E-state index in [1.54, 1.807) is 6.92 Å². The molecule has 1 aromatic carbocycles. The summed E-state index contributed by atoms with van der Waals surface area (Å²) in [5.41, 5.74) is 1.92. The quantitative estimate of drug-likeness (QED) is 0.750. The lowest BCUT2D eigenvalue weighted by atomic mass is 9.75. The molecule has 0 spiro atoms. The van der Waals surface area contributed by atoms with E-state index in [0.29, 0.717) is 12.5 Å². The van der Waals surface area contributed by atoms with Crippen LogP contribution in [0.2, 0.25) is 0 Å². The highest BCUT2D eigenvalue weighted by Crippen LogP contribution is 2.36. The lowest BCUT2D eigenvalue weighted by molar-refractivity contribution is -0.135. The Morgan fingerprint density at radius 2 is 1.57 bits per heavy atom. The van der Waals surface area contributed by atoms with Gasteiger partial charge in [0.25, 0.3) is 0 Å². The van der Waals surface area contributed by atoms with Gasteiger partial charge in [0.2, 0.25) is 5.91 Å². The van der Waals surface area contributed by atoms with Crippen molar-refractivity contribution in [2.24, 2.45) is 11.8 Å². The maximum absolute atomic E-state index is 12.8. The summed E-state index contributed by atoms with van der Waals surface area (Å²) in [6, 6.07) is 7.88. The zero-order valence-electron chi connectivity index (χ0n) is 17.1. The lowest BCUT2D eigenvalue weighted by Crippen LogP contribution is -2.52. The number of carbonyl (C=O) groups is 2. The number of hydrogen-bond donors (Lipinski definition) is 0. The summed E-state index contributed by atoms with van der Waals surface area (Å²) in [4.78, 5) is 31.0. The number of rotatable bonds is 4. The molecule has 152 valence electrons. The van der Waals surface area contributed by atoms with Crippen LogP contribution in [0.15, 0.2) is 24.3 Å². The van der Waals surface area contributed by atoms with Crippen molar-refractivity contribution >= 4 is 17.4 Å². The minimum Gasteiger partial charge on any atom is -0.369 e. The number of likely N-dealkylation sites (tertiary alicyclic amines) is 1. The molecule has 3 fully saturated rings. The molecule has 0 radical (unpaired) electrons.